The van der Waals surface area contributed by atoms with Crippen LogP contribution in [0.5, 0.6) is 11.5 Å². The van der Waals surface area contributed by atoms with Gasteiger partial charge in [-0.05, 0) is 48.2 Å². The van der Waals surface area contributed by atoms with Crippen LogP contribution in [0.15, 0.2) is 24.3 Å². The Morgan fingerprint density at radius 2 is 0.966 bits per heavy atom. The van der Waals surface area contributed by atoms with Crippen LogP contribution < -0.4 is 9.47 Å². The summed E-state index contributed by atoms with van der Waals surface area (Å²) in [4.78, 5) is 0. The molecule has 29 heavy (non-hydrogen) atoms. The Labute approximate surface area is 202 Å². The van der Waals surface area contributed by atoms with Crippen LogP contribution in [0.3, 0.4) is 0 Å². The second-order valence-electron chi connectivity index (χ2n) is 6.95. The van der Waals surface area contributed by atoms with E-state index in [0.29, 0.717) is 69.4 Å². The van der Waals surface area contributed by atoms with Gasteiger partial charge in [-0.2, -0.15) is 0 Å². The van der Waals surface area contributed by atoms with Gasteiger partial charge in [-0.3, -0.25) is 0 Å². The van der Waals surface area contributed by atoms with Gasteiger partial charge in [0.25, 0.3) is 0 Å². The lowest BCUT2D eigenvalue weighted by Gasteiger charge is -2.28. The van der Waals surface area contributed by atoms with Crippen molar-refractivity contribution in [3.63, 3.8) is 0 Å². The van der Waals surface area contributed by atoms with Crippen molar-refractivity contribution in [3.05, 3.63) is 55.5 Å². The zero-order chi connectivity index (χ0) is 21.6. The van der Waals surface area contributed by atoms with Crippen molar-refractivity contribution < 1.29 is 9.47 Å². The van der Waals surface area contributed by atoms with E-state index in [1.54, 1.807) is 0 Å². The molecule has 0 fully saturated rings. The van der Waals surface area contributed by atoms with Crippen molar-refractivity contribution in [2.24, 2.45) is 0 Å². The highest BCUT2D eigenvalue weighted by molar-refractivity contribution is 6.38. The maximum absolute atomic E-state index is 6.44. The molecular formula is C21H22Cl6O2. The van der Waals surface area contributed by atoms with E-state index in [0.717, 1.165) is 11.1 Å². The Morgan fingerprint density at radius 1 is 0.655 bits per heavy atom. The smallest absolute Gasteiger partial charge is 0.156 e. The highest BCUT2D eigenvalue weighted by Gasteiger charge is 2.27. The molecule has 0 atom stereocenters. The van der Waals surface area contributed by atoms with E-state index < -0.39 is 5.41 Å². The fraction of sp³-hybridized carbons (Fsp3) is 0.429. The van der Waals surface area contributed by atoms with Gasteiger partial charge < -0.3 is 9.47 Å². The molecule has 0 radical (unpaired) electrons. The summed E-state index contributed by atoms with van der Waals surface area (Å²) in [5.74, 6) is 1.93. The quantitative estimate of drug-likeness (QED) is 0.231. The lowest BCUT2D eigenvalue weighted by atomic mass is 9.78. The zero-order valence-corrected chi connectivity index (χ0v) is 20.7. The van der Waals surface area contributed by atoms with Gasteiger partial charge in [-0.25, -0.2) is 0 Å². The Morgan fingerprint density at radius 3 is 1.24 bits per heavy atom. The standard InChI is InChI=1S/C21H22Cl6O2/c1-21(2,13-9-15(24)19(16(25)10-13)28-7-3-5-22)14-11-17(26)20(18(27)12-14)29-8-4-6-23/h9-12H,3-8H2,1-2H3. The first-order chi connectivity index (χ1) is 13.7. The van der Waals surface area contributed by atoms with E-state index in [1.807, 2.05) is 38.1 Å². The fourth-order valence-electron chi connectivity index (χ4n) is 2.74. The topological polar surface area (TPSA) is 18.5 Å². The summed E-state index contributed by atoms with van der Waals surface area (Å²) in [6, 6.07) is 7.37. The molecule has 0 spiro atoms. The lowest BCUT2D eigenvalue weighted by molar-refractivity contribution is 0.318. The molecule has 0 heterocycles. The average Bonchev–Trinajstić information content (AvgIpc) is 2.65. The van der Waals surface area contributed by atoms with Gasteiger partial charge in [0.1, 0.15) is 0 Å². The van der Waals surface area contributed by atoms with E-state index in [-0.39, 0.29) is 0 Å². The average molecular weight is 519 g/mol. The summed E-state index contributed by atoms with van der Waals surface area (Å²) in [7, 11) is 0. The van der Waals surface area contributed by atoms with Crippen LogP contribution in [0.4, 0.5) is 0 Å². The Bertz CT molecular complexity index is 724. The molecule has 0 bridgehead atoms. The van der Waals surface area contributed by atoms with Gasteiger partial charge in [0.15, 0.2) is 11.5 Å². The zero-order valence-electron chi connectivity index (χ0n) is 16.1. The molecule has 8 heteroatoms. The van der Waals surface area contributed by atoms with E-state index in [4.69, 9.17) is 79.1 Å². The molecule has 0 amide bonds. The predicted molar refractivity (Wildman–Crippen MR) is 127 cm³/mol. The minimum atomic E-state index is -0.468. The van der Waals surface area contributed by atoms with Gasteiger partial charge in [0.2, 0.25) is 0 Å². The third-order valence-electron chi connectivity index (χ3n) is 4.49. The molecule has 2 rings (SSSR count). The molecule has 0 aliphatic carbocycles. The largest absolute Gasteiger partial charge is 0.490 e. The first kappa shape index (κ1) is 25.0. The summed E-state index contributed by atoms with van der Waals surface area (Å²) < 4.78 is 11.3. The van der Waals surface area contributed by atoms with Crippen molar-refractivity contribution in [1.82, 2.24) is 0 Å². The van der Waals surface area contributed by atoms with Crippen LogP contribution in [0, 0.1) is 0 Å². The van der Waals surface area contributed by atoms with Gasteiger partial charge in [0, 0.05) is 17.2 Å². The van der Waals surface area contributed by atoms with Crippen LogP contribution in [0.25, 0.3) is 0 Å². The summed E-state index contributed by atoms with van der Waals surface area (Å²) in [6.07, 6.45) is 1.41. The number of ether oxygens (including phenoxy) is 2. The van der Waals surface area contributed by atoms with E-state index in [9.17, 15) is 0 Å². The number of alkyl halides is 2. The number of halogens is 6. The molecule has 2 nitrogen and oxygen atoms in total. The highest BCUT2D eigenvalue weighted by atomic mass is 35.5. The van der Waals surface area contributed by atoms with Crippen LogP contribution in [-0.2, 0) is 5.41 Å². The lowest BCUT2D eigenvalue weighted by Crippen LogP contribution is -2.19. The molecule has 160 valence electrons. The molecule has 0 saturated carbocycles. The maximum Gasteiger partial charge on any atom is 0.156 e. The number of hydrogen-bond acceptors (Lipinski definition) is 2. The normalized spacial score (nSPS) is 11.6. The Balaban J connectivity index is 2.34. The molecule has 0 aliphatic heterocycles. The van der Waals surface area contributed by atoms with Crippen LogP contribution in [0.1, 0.15) is 37.8 Å². The number of rotatable bonds is 10. The maximum atomic E-state index is 6.44. The molecule has 2 aromatic carbocycles. The Hall–Kier alpha value is -0.220. The van der Waals surface area contributed by atoms with Crippen molar-refractivity contribution in [1.29, 1.82) is 0 Å². The van der Waals surface area contributed by atoms with E-state index >= 15 is 0 Å². The van der Waals surface area contributed by atoms with Crippen LogP contribution in [-0.4, -0.2) is 25.0 Å². The molecule has 0 aromatic heterocycles. The summed E-state index contributed by atoms with van der Waals surface area (Å²) in [5, 5.41) is 1.75. The molecule has 0 aliphatic rings. The number of hydrogen-bond donors (Lipinski definition) is 0. The number of benzene rings is 2. The fourth-order valence-corrected chi connectivity index (χ4v) is 4.15. The molecule has 0 saturated heterocycles. The van der Waals surface area contributed by atoms with Crippen LogP contribution >= 0.6 is 69.6 Å². The molecular weight excluding hydrogens is 497 g/mol. The van der Waals surface area contributed by atoms with Gasteiger partial charge in [-0.1, -0.05) is 60.3 Å². The highest BCUT2D eigenvalue weighted by Crippen LogP contribution is 2.43. The van der Waals surface area contributed by atoms with Crippen molar-refractivity contribution >= 4 is 69.6 Å². The minimum absolute atomic E-state index is 0.438. The van der Waals surface area contributed by atoms with E-state index in [2.05, 4.69) is 0 Å². The predicted octanol–water partition coefficient (Wildman–Crippen LogP) is 8.64. The van der Waals surface area contributed by atoms with Gasteiger partial charge in [-0.15, -0.1) is 23.2 Å². The van der Waals surface area contributed by atoms with Gasteiger partial charge >= 0.3 is 0 Å². The Kier molecular flexibility index (Phi) is 9.86. The second-order valence-corrected chi connectivity index (χ2v) is 9.33. The summed E-state index contributed by atoms with van der Waals surface area (Å²) >= 11 is 37.1. The van der Waals surface area contributed by atoms with Gasteiger partial charge in [0.05, 0.1) is 33.3 Å². The first-order valence-corrected chi connectivity index (χ1v) is 11.7. The second kappa shape index (κ2) is 11.4. The SMILES string of the molecule is CC(C)(c1cc(Cl)c(OCCCCl)c(Cl)c1)c1cc(Cl)c(OCCCCl)c(Cl)c1. The third kappa shape index (κ3) is 6.38. The van der Waals surface area contributed by atoms with E-state index in [1.165, 1.54) is 0 Å². The monoisotopic (exact) mass is 516 g/mol. The first-order valence-electron chi connectivity index (χ1n) is 9.09. The van der Waals surface area contributed by atoms with Crippen molar-refractivity contribution in [3.8, 4) is 11.5 Å². The van der Waals surface area contributed by atoms with Crippen LogP contribution in [0.2, 0.25) is 20.1 Å². The minimum Gasteiger partial charge on any atom is -0.490 e. The van der Waals surface area contributed by atoms with Crippen molar-refractivity contribution in [2.45, 2.75) is 32.1 Å². The summed E-state index contributed by atoms with van der Waals surface area (Å²) in [5.41, 5.74) is 1.34. The van der Waals surface area contributed by atoms with Crippen molar-refractivity contribution in [2.75, 3.05) is 25.0 Å². The third-order valence-corrected chi connectivity index (χ3v) is 6.15. The molecule has 2 aromatic rings. The molecule has 0 unspecified atom stereocenters. The molecule has 0 N–H and O–H groups in total. The summed E-state index contributed by atoms with van der Waals surface area (Å²) in [6.45, 7) is 4.97.